The Morgan fingerprint density at radius 2 is 1.96 bits per heavy atom. The van der Waals surface area contributed by atoms with E-state index in [1.165, 1.54) is 10.7 Å². The molecule has 3 N–H and O–H groups in total. The van der Waals surface area contributed by atoms with Crippen LogP contribution in [0.2, 0.25) is 0 Å². The summed E-state index contributed by atoms with van der Waals surface area (Å²) in [6, 6.07) is 11.9. The van der Waals surface area contributed by atoms with Gasteiger partial charge >= 0.3 is 0 Å². The number of aryl methyl sites for hydroxylation is 1. The summed E-state index contributed by atoms with van der Waals surface area (Å²) in [5.74, 6) is 5.66. The van der Waals surface area contributed by atoms with Crippen molar-refractivity contribution in [3.05, 3.63) is 59.4 Å². The van der Waals surface area contributed by atoms with Gasteiger partial charge in [-0.05, 0) is 43.2 Å². The first-order valence-corrected chi connectivity index (χ1v) is 8.90. The highest BCUT2D eigenvalue weighted by atomic mass is 32.2. The highest BCUT2D eigenvalue weighted by Gasteiger charge is 2.16. The minimum Gasteiger partial charge on any atom is -0.335 e. The smallest absolute Gasteiger partial charge is 0.234 e. The maximum absolute atomic E-state index is 13.9. The van der Waals surface area contributed by atoms with Gasteiger partial charge in [0.05, 0.1) is 11.3 Å². The molecule has 1 heterocycles. The molecule has 0 unspecified atom stereocenters. The number of carbonyl (C=O) groups is 1. The molecule has 0 aliphatic heterocycles. The second-order valence-electron chi connectivity index (χ2n) is 5.74. The van der Waals surface area contributed by atoms with E-state index in [1.54, 1.807) is 18.2 Å². The number of carbonyl (C=O) groups excluding carboxylic acids is 1. The van der Waals surface area contributed by atoms with E-state index >= 15 is 0 Å². The number of nitrogens with two attached hydrogens (primary N) is 1. The van der Waals surface area contributed by atoms with E-state index in [0.29, 0.717) is 5.16 Å². The van der Waals surface area contributed by atoms with Gasteiger partial charge in [-0.3, -0.25) is 4.79 Å². The number of anilines is 1. The van der Waals surface area contributed by atoms with Crippen LogP contribution in [0.5, 0.6) is 0 Å². The third-order valence-electron chi connectivity index (χ3n) is 3.99. The Labute approximate surface area is 154 Å². The molecule has 1 amide bonds. The zero-order valence-corrected chi connectivity index (χ0v) is 15.2. The summed E-state index contributed by atoms with van der Waals surface area (Å²) in [5, 5.41) is 11.1. The van der Waals surface area contributed by atoms with Gasteiger partial charge in [0.1, 0.15) is 5.82 Å². The van der Waals surface area contributed by atoms with Crippen molar-refractivity contribution in [2.75, 3.05) is 16.9 Å². The summed E-state index contributed by atoms with van der Waals surface area (Å²) >= 11 is 1.14. The molecule has 0 saturated heterocycles. The zero-order valence-electron chi connectivity index (χ0n) is 14.4. The lowest BCUT2D eigenvalue weighted by molar-refractivity contribution is -0.113. The molecule has 0 radical (unpaired) electrons. The standard InChI is InChI=1S/C18H18FN5OS/c1-11-6-5-9-15(12(11)2)21-16(25)10-26-18-23-22-17(24(18)20)13-7-3-4-8-14(13)19/h3-9H,10,20H2,1-2H3,(H,21,25). The number of benzene rings is 2. The van der Waals surface area contributed by atoms with E-state index in [-0.39, 0.29) is 23.0 Å². The van der Waals surface area contributed by atoms with Crippen molar-refractivity contribution >= 4 is 23.4 Å². The van der Waals surface area contributed by atoms with Gasteiger partial charge in [0.15, 0.2) is 5.82 Å². The Bertz CT molecular complexity index is 957. The first kappa shape index (κ1) is 17.9. The maximum atomic E-state index is 13.9. The number of aromatic nitrogens is 3. The van der Waals surface area contributed by atoms with Crippen LogP contribution in [-0.2, 0) is 4.79 Å². The Morgan fingerprint density at radius 3 is 2.73 bits per heavy atom. The van der Waals surface area contributed by atoms with Crippen molar-refractivity contribution in [2.24, 2.45) is 0 Å². The van der Waals surface area contributed by atoms with Crippen LogP contribution in [0.25, 0.3) is 11.4 Å². The van der Waals surface area contributed by atoms with E-state index in [2.05, 4.69) is 15.5 Å². The first-order valence-electron chi connectivity index (χ1n) is 7.91. The van der Waals surface area contributed by atoms with Crippen LogP contribution in [0, 0.1) is 19.7 Å². The Kier molecular flexibility index (Phi) is 5.22. The second-order valence-corrected chi connectivity index (χ2v) is 6.68. The lowest BCUT2D eigenvalue weighted by Crippen LogP contribution is -2.17. The average Bonchev–Trinajstić information content (AvgIpc) is 2.98. The summed E-state index contributed by atoms with van der Waals surface area (Å²) in [6.07, 6.45) is 0. The Morgan fingerprint density at radius 1 is 1.19 bits per heavy atom. The van der Waals surface area contributed by atoms with Gasteiger partial charge < -0.3 is 11.2 Å². The predicted molar refractivity (Wildman–Crippen MR) is 101 cm³/mol. The highest BCUT2D eigenvalue weighted by molar-refractivity contribution is 7.99. The number of nitrogen functional groups attached to an aromatic ring is 1. The largest absolute Gasteiger partial charge is 0.335 e. The van der Waals surface area contributed by atoms with E-state index in [9.17, 15) is 9.18 Å². The SMILES string of the molecule is Cc1cccc(NC(=O)CSc2nnc(-c3ccccc3F)n2N)c1C. The normalized spacial score (nSPS) is 10.7. The van der Waals surface area contributed by atoms with Gasteiger partial charge in [-0.2, -0.15) is 0 Å². The van der Waals surface area contributed by atoms with Crippen LogP contribution in [0.4, 0.5) is 10.1 Å². The fraction of sp³-hybridized carbons (Fsp3) is 0.167. The second kappa shape index (κ2) is 7.57. The molecular weight excluding hydrogens is 353 g/mol. The maximum Gasteiger partial charge on any atom is 0.234 e. The molecule has 6 nitrogen and oxygen atoms in total. The van der Waals surface area contributed by atoms with Crippen LogP contribution in [-0.4, -0.2) is 26.5 Å². The van der Waals surface area contributed by atoms with Crippen LogP contribution < -0.4 is 11.2 Å². The number of nitrogens with one attached hydrogen (secondary N) is 1. The zero-order chi connectivity index (χ0) is 18.7. The van der Waals surface area contributed by atoms with Crippen molar-refractivity contribution in [3.63, 3.8) is 0 Å². The van der Waals surface area contributed by atoms with E-state index in [4.69, 9.17) is 5.84 Å². The highest BCUT2D eigenvalue weighted by Crippen LogP contribution is 2.24. The molecule has 8 heteroatoms. The van der Waals surface area contributed by atoms with Crippen LogP contribution in [0.1, 0.15) is 11.1 Å². The third kappa shape index (κ3) is 3.70. The molecule has 0 bridgehead atoms. The molecule has 26 heavy (non-hydrogen) atoms. The predicted octanol–water partition coefficient (Wildman–Crippen LogP) is 3.15. The molecular formula is C18H18FN5OS. The minimum absolute atomic E-state index is 0.111. The van der Waals surface area contributed by atoms with Crippen molar-refractivity contribution in [1.29, 1.82) is 0 Å². The molecule has 3 rings (SSSR count). The number of thioether (sulfide) groups is 1. The molecule has 0 spiro atoms. The molecule has 134 valence electrons. The molecule has 0 saturated carbocycles. The number of hydrogen-bond acceptors (Lipinski definition) is 5. The van der Waals surface area contributed by atoms with Crippen molar-refractivity contribution in [3.8, 4) is 11.4 Å². The van der Waals surface area contributed by atoms with E-state index < -0.39 is 5.82 Å². The van der Waals surface area contributed by atoms with Crippen molar-refractivity contribution in [2.45, 2.75) is 19.0 Å². The summed E-state index contributed by atoms with van der Waals surface area (Å²) in [7, 11) is 0. The topological polar surface area (TPSA) is 85.8 Å². The lowest BCUT2D eigenvalue weighted by atomic mass is 10.1. The number of amides is 1. The summed E-state index contributed by atoms with van der Waals surface area (Å²) in [5.41, 5.74) is 3.16. The van der Waals surface area contributed by atoms with Crippen LogP contribution in [0.15, 0.2) is 47.6 Å². The number of halogens is 1. The van der Waals surface area contributed by atoms with Gasteiger partial charge in [-0.15, -0.1) is 10.2 Å². The monoisotopic (exact) mass is 371 g/mol. The third-order valence-corrected chi connectivity index (χ3v) is 4.93. The molecule has 2 aromatic carbocycles. The molecule has 3 aromatic rings. The molecule has 0 aliphatic carbocycles. The van der Waals surface area contributed by atoms with Gasteiger partial charge in [-0.25, -0.2) is 9.07 Å². The number of rotatable bonds is 5. The fourth-order valence-corrected chi connectivity index (χ4v) is 3.06. The van der Waals surface area contributed by atoms with E-state index in [0.717, 1.165) is 28.6 Å². The minimum atomic E-state index is -0.434. The lowest BCUT2D eigenvalue weighted by Gasteiger charge is -2.10. The van der Waals surface area contributed by atoms with Crippen LogP contribution in [0.3, 0.4) is 0 Å². The van der Waals surface area contributed by atoms with Gasteiger partial charge in [0.25, 0.3) is 0 Å². The van der Waals surface area contributed by atoms with Gasteiger partial charge in [0.2, 0.25) is 11.1 Å². The van der Waals surface area contributed by atoms with Crippen LogP contribution >= 0.6 is 11.8 Å². The summed E-state index contributed by atoms with van der Waals surface area (Å²) in [4.78, 5) is 12.2. The van der Waals surface area contributed by atoms with Crippen molar-refractivity contribution in [1.82, 2.24) is 14.9 Å². The first-order chi connectivity index (χ1) is 12.5. The van der Waals surface area contributed by atoms with E-state index in [1.807, 2.05) is 32.0 Å². The molecule has 1 aromatic heterocycles. The number of hydrogen-bond donors (Lipinski definition) is 2. The molecule has 0 aliphatic rings. The Balaban J connectivity index is 1.68. The molecule has 0 fully saturated rings. The summed E-state index contributed by atoms with van der Waals surface area (Å²) < 4.78 is 15.1. The quantitative estimate of drug-likeness (QED) is 0.532. The van der Waals surface area contributed by atoms with Gasteiger partial charge in [-0.1, -0.05) is 36.0 Å². The van der Waals surface area contributed by atoms with Crippen molar-refractivity contribution < 1.29 is 9.18 Å². The molecule has 0 atom stereocenters. The number of nitrogens with zero attached hydrogens (tertiary/aromatic N) is 3. The average molecular weight is 371 g/mol. The Hall–Kier alpha value is -2.87. The van der Waals surface area contributed by atoms with Gasteiger partial charge in [0, 0.05) is 5.69 Å². The summed E-state index contributed by atoms with van der Waals surface area (Å²) in [6.45, 7) is 3.94. The fourth-order valence-electron chi connectivity index (χ4n) is 2.40.